The molecule has 0 radical (unpaired) electrons. The number of halogens is 3. The highest BCUT2D eigenvalue weighted by Crippen LogP contribution is 2.28. The number of alkyl halides is 3. The maximum absolute atomic E-state index is 13.0. The van der Waals surface area contributed by atoms with Crippen LogP contribution in [-0.4, -0.2) is 32.4 Å². The van der Waals surface area contributed by atoms with Crippen molar-refractivity contribution in [2.45, 2.75) is 6.36 Å². The number of benzene rings is 3. The van der Waals surface area contributed by atoms with Crippen molar-refractivity contribution in [3.05, 3.63) is 89.6 Å². The number of rotatable bonds is 8. The van der Waals surface area contributed by atoms with Gasteiger partial charge >= 0.3 is 6.36 Å². The highest BCUT2D eigenvalue weighted by atomic mass is 19.4. The number of anilines is 1. The molecule has 0 unspecified atom stereocenters. The van der Waals surface area contributed by atoms with Crippen molar-refractivity contribution in [3.63, 3.8) is 0 Å². The molecule has 0 bridgehead atoms. The molecule has 0 aliphatic carbocycles. The molecule has 0 aliphatic rings. The van der Waals surface area contributed by atoms with Gasteiger partial charge in [0.25, 0.3) is 11.8 Å². The van der Waals surface area contributed by atoms with Crippen LogP contribution in [0.25, 0.3) is 6.08 Å². The third-order valence-electron chi connectivity index (χ3n) is 4.59. The van der Waals surface area contributed by atoms with E-state index in [1.807, 2.05) is 0 Å². The minimum absolute atomic E-state index is 0.110. The summed E-state index contributed by atoms with van der Waals surface area (Å²) in [7, 11) is 2.94. The minimum atomic E-state index is -4.83. The molecule has 2 amide bonds. The summed E-state index contributed by atoms with van der Waals surface area (Å²) >= 11 is 0. The van der Waals surface area contributed by atoms with Gasteiger partial charge < -0.3 is 24.8 Å². The Morgan fingerprint density at radius 1 is 0.857 bits per heavy atom. The molecule has 3 rings (SSSR count). The fourth-order valence-electron chi connectivity index (χ4n) is 2.99. The Kier molecular flexibility index (Phi) is 7.98. The van der Waals surface area contributed by atoms with Crippen LogP contribution in [0.5, 0.6) is 17.2 Å². The van der Waals surface area contributed by atoms with Gasteiger partial charge in [-0.15, -0.1) is 13.2 Å². The molecule has 0 saturated carbocycles. The molecule has 3 aromatic carbocycles. The van der Waals surface area contributed by atoms with Crippen molar-refractivity contribution in [2.75, 3.05) is 19.5 Å². The number of amides is 2. The Morgan fingerprint density at radius 3 is 2.11 bits per heavy atom. The van der Waals surface area contributed by atoms with Crippen LogP contribution in [0.2, 0.25) is 0 Å². The SMILES string of the molecule is COc1ccc(C=C(NC(=O)c2ccccc2)C(=O)Nc2ccc(OC(F)(F)F)cc2)cc1OC. The van der Waals surface area contributed by atoms with Crippen molar-refractivity contribution in [2.24, 2.45) is 0 Å². The zero-order chi connectivity index (χ0) is 25.4. The molecule has 0 fully saturated rings. The Bertz CT molecular complexity index is 1210. The van der Waals surface area contributed by atoms with Crippen LogP contribution in [0.4, 0.5) is 18.9 Å². The van der Waals surface area contributed by atoms with Gasteiger partial charge in [-0.3, -0.25) is 9.59 Å². The van der Waals surface area contributed by atoms with Crippen LogP contribution >= 0.6 is 0 Å². The number of hydrogen-bond acceptors (Lipinski definition) is 5. The Labute approximate surface area is 199 Å². The van der Waals surface area contributed by atoms with Crippen LogP contribution in [0, 0.1) is 0 Å². The van der Waals surface area contributed by atoms with Gasteiger partial charge in [0, 0.05) is 11.3 Å². The number of hydrogen-bond donors (Lipinski definition) is 2. The van der Waals surface area contributed by atoms with Crippen LogP contribution in [0.3, 0.4) is 0 Å². The maximum Gasteiger partial charge on any atom is 0.573 e. The number of methoxy groups -OCH3 is 2. The molecule has 10 heteroatoms. The molecule has 35 heavy (non-hydrogen) atoms. The number of nitrogens with one attached hydrogen (secondary N) is 2. The summed E-state index contributed by atoms with van der Waals surface area (Å²) in [6.07, 6.45) is -3.40. The minimum Gasteiger partial charge on any atom is -0.493 e. The number of ether oxygens (including phenoxy) is 3. The molecule has 0 heterocycles. The predicted molar refractivity (Wildman–Crippen MR) is 123 cm³/mol. The Balaban J connectivity index is 1.88. The van der Waals surface area contributed by atoms with E-state index in [4.69, 9.17) is 9.47 Å². The molecule has 7 nitrogen and oxygen atoms in total. The number of carbonyl (C=O) groups is 2. The normalized spacial score (nSPS) is 11.4. The second-order valence-corrected chi connectivity index (χ2v) is 7.02. The van der Waals surface area contributed by atoms with Crippen molar-refractivity contribution < 1.29 is 37.0 Å². The molecule has 2 N–H and O–H groups in total. The van der Waals surface area contributed by atoms with Gasteiger partial charge in [0.05, 0.1) is 14.2 Å². The first-order chi connectivity index (χ1) is 16.7. The van der Waals surface area contributed by atoms with Crippen molar-refractivity contribution in [1.29, 1.82) is 0 Å². The zero-order valence-corrected chi connectivity index (χ0v) is 18.7. The molecule has 0 aromatic heterocycles. The summed E-state index contributed by atoms with van der Waals surface area (Å²) in [5, 5.41) is 5.12. The smallest absolute Gasteiger partial charge is 0.493 e. The second kappa shape index (κ2) is 11.1. The van der Waals surface area contributed by atoms with Crippen molar-refractivity contribution in [3.8, 4) is 17.2 Å². The van der Waals surface area contributed by atoms with E-state index in [0.29, 0.717) is 22.6 Å². The summed E-state index contributed by atoms with van der Waals surface area (Å²) in [5.41, 5.74) is 0.931. The van der Waals surface area contributed by atoms with Crippen LogP contribution in [0.15, 0.2) is 78.5 Å². The zero-order valence-electron chi connectivity index (χ0n) is 18.7. The van der Waals surface area contributed by atoms with E-state index in [-0.39, 0.29) is 11.4 Å². The van der Waals surface area contributed by atoms with Crippen LogP contribution in [0.1, 0.15) is 15.9 Å². The quantitative estimate of drug-likeness (QED) is 0.437. The molecular formula is C25H21F3N2O5. The maximum atomic E-state index is 13.0. The lowest BCUT2D eigenvalue weighted by Crippen LogP contribution is -2.30. The number of carbonyl (C=O) groups excluding carboxylic acids is 2. The molecule has 0 atom stereocenters. The summed E-state index contributed by atoms with van der Waals surface area (Å²) in [6, 6.07) is 17.8. The third-order valence-corrected chi connectivity index (χ3v) is 4.59. The summed E-state index contributed by atoms with van der Waals surface area (Å²) in [6.45, 7) is 0. The second-order valence-electron chi connectivity index (χ2n) is 7.02. The average molecular weight is 486 g/mol. The first-order valence-corrected chi connectivity index (χ1v) is 10.2. The summed E-state index contributed by atoms with van der Waals surface area (Å²) in [4.78, 5) is 25.7. The molecular weight excluding hydrogens is 465 g/mol. The summed E-state index contributed by atoms with van der Waals surface area (Å²) < 4.78 is 51.4. The largest absolute Gasteiger partial charge is 0.573 e. The molecule has 0 saturated heterocycles. The summed E-state index contributed by atoms with van der Waals surface area (Å²) in [5.74, 6) is -0.773. The van der Waals surface area contributed by atoms with Gasteiger partial charge in [-0.25, -0.2) is 0 Å². The van der Waals surface area contributed by atoms with Gasteiger partial charge in [0.2, 0.25) is 0 Å². The van der Waals surface area contributed by atoms with Gasteiger partial charge in [-0.05, 0) is 60.2 Å². The lowest BCUT2D eigenvalue weighted by Gasteiger charge is -2.13. The van der Waals surface area contributed by atoms with E-state index in [0.717, 1.165) is 12.1 Å². The lowest BCUT2D eigenvalue weighted by molar-refractivity contribution is -0.274. The standard InChI is InChI=1S/C25H21F3N2O5/c1-33-21-13-8-16(15-22(21)34-2)14-20(30-23(31)17-6-4-3-5-7-17)24(32)29-18-9-11-19(12-10-18)35-25(26,27)28/h3-15H,1-2H3,(H,29,32)(H,30,31). The topological polar surface area (TPSA) is 85.9 Å². The van der Waals surface area contributed by atoms with E-state index in [9.17, 15) is 22.8 Å². The van der Waals surface area contributed by atoms with Gasteiger partial charge in [-0.2, -0.15) is 0 Å². The lowest BCUT2D eigenvalue weighted by atomic mass is 10.1. The van der Waals surface area contributed by atoms with E-state index in [1.54, 1.807) is 48.5 Å². The fourth-order valence-corrected chi connectivity index (χ4v) is 2.99. The molecule has 182 valence electrons. The first-order valence-electron chi connectivity index (χ1n) is 10.2. The van der Waals surface area contributed by atoms with Crippen LogP contribution < -0.4 is 24.8 Å². The van der Waals surface area contributed by atoms with E-state index < -0.39 is 23.9 Å². The van der Waals surface area contributed by atoms with Crippen molar-refractivity contribution in [1.82, 2.24) is 5.32 Å². The average Bonchev–Trinajstić information content (AvgIpc) is 2.84. The highest BCUT2D eigenvalue weighted by molar-refractivity contribution is 6.10. The molecule has 0 aliphatic heterocycles. The van der Waals surface area contributed by atoms with E-state index in [1.165, 1.54) is 32.4 Å². The van der Waals surface area contributed by atoms with Gasteiger partial charge in [0.1, 0.15) is 11.4 Å². The fraction of sp³-hybridized carbons (Fsp3) is 0.120. The van der Waals surface area contributed by atoms with E-state index >= 15 is 0 Å². The Morgan fingerprint density at radius 2 is 1.51 bits per heavy atom. The molecule has 0 spiro atoms. The first kappa shape index (κ1) is 25.2. The monoisotopic (exact) mass is 486 g/mol. The van der Waals surface area contributed by atoms with E-state index in [2.05, 4.69) is 15.4 Å². The highest BCUT2D eigenvalue weighted by Gasteiger charge is 2.31. The van der Waals surface area contributed by atoms with Crippen molar-refractivity contribution >= 4 is 23.6 Å². The Hall–Kier alpha value is -4.47. The van der Waals surface area contributed by atoms with Gasteiger partial charge in [0.15, 0.2) is 11.5 Å². The van der Waals surface area contributed by atoms with Crippen LogP contribution in [-0.2, 0) is 4.79 Å². The third kappa shape index (κ3) is 7.26. The van der Waals surface area contributed by atoms with Gasteiger partial charge in [-0.1, -0.05) is 24.3 Å². The molecule has 3 aromatic rings. The predicted octanol–water partition coefficient (Wildman–Crippen LogP) is 5.01.